The summed E-state index contributed by atoms with van der Waals surface area (Å²) < 4.78 is 10.8. The number of nitrogens with zero attached hydrogens (tertiary/aromatic N) is 3. The number of ether oxygens (including phenoxy) is 1. The molecule has 0 radical (unpaired) electrons. The average molecular weight is 457 g/mol. The second-order valence-corrected chi connectivity index (χ2v) is 7.70. The molecule has 0 bridgehead atoms. The van der Waals surface area contributed by atoms with Crippen LogP contribution < -0.4 is 10.9 Å². The van der Waals surface area contributed by atoms with Crippen molar-refractivity contribution >= 4 is 29.2 Å². The molecule has 0 unspecified atom stereocenters. The smallest absolute Gasteiger partial charge is 0.340 e. The van der Waals surface area contributed by atoms with E-state index in [1.54, 1.807) is 35.2 Å². The third kappa shape index (κ3) is 4.24. The summed E-state index contributed by atoms with van der Waals surface area (Å²) in [5, 5.41) is 7.43. The topological polar surface area (TPSA) is 107 Å². The number of methoxy groups -OCH3 is 1. The molecule has 2 aromatic heterocycles. The Kier molecular flexibility index (Phi) is 6.27. The van der Waals surface area contributed by atoms with Crippen molar-refractivity contribution < 1.29 is 18.7 Å². The lowest BCUT2D eigenvalue weighted by atomic mass is 10.0. The van der Waals surface area contributed by atoms with Gasteiger partial charge in [-0.3, -0.25) is 9.59 Å². The van der Waals surface area contributed by atoms with Crippen LogP contribution >= 0.6 is 11.6 Å². The Morgan fingerprint density at radius 3 is 2.66 bits per heavy atom. The van der Waals surface area contributed by atoms with Crippen molar-refractivity contribution in [1.82, 2.24) is 14.7 Å². The molecule has 0 saturated carbocycles. The van der Waals surface area contributed by atoms with E-state index < -0.39 is 11.5 Å². The van der Waals surface area contributed by atoms with Gasteiger partial charge in [-0.1, -0.05) is 23.7 Å². The molecule has 9 nitrogen and oxygen atoms in total. The Morgan fingerprint density at radius 1 is 1.22 bits per heavy atom. The fourth-order valence-corrected chi connectivity index (χ4v) is 3.84. The Hall–Kier alpha value is -3.59. The van der Waals surface area contributed by atoms with Crippen LogP contribution in [-0.4, -0.2) is 52.8 Å². The van der Waals surface area contributed by atoms with Crippen LogP contribution in [0.4, 0.5) is 5.69 Å². The largest absolute Gasteiger partial charge is 0.472 e. The fraction of sp³-hybridized carbons (Fsp3) is 0.273. The highest BCUT2D eigenvalue weighted by Crippen LogP contribution is 2.23. The van der Waals surface area contributed by atoms with Gasteiger partial charge in [-0.15, -0.1) is 0 Å². The van der Waals surface area contributed by atoms with Gasteiger partial charge in [0.1, 0.15) is 11.3 Å². The Labute approximate surface area is 188 Å². The van der Waals surface area contributed by atoms with Crippen LogP contribution in [0.25, 0.3) is 5.69 Å². The SMILES string of the molecule is COC(=O)c1ccccc1-n1ncc(NC2CCN(C(=O)c3ccoc3)CC2)c(Cl)c1=O. The molecule has 1 aliphatic heterocycles. The normalized spacial score (nSPS) is 14.2. The molecule has 166 valence electrons. The van der Waals surface area contributed by atoms with E-state index in [1.165, 1.54) is 25.8 Å². The van der Waals surface area contributed by atoms with Crippen LogP contribution in [0.2, 0.25) is 5.02 Å². The zero-order valence-corrected chi connectivity index (χ0v) is 18.0. The molecule has 1 saturated heterocycles. The van der Waals surface area contributed by atoms with E-state index in [0.29, 0.717) is 37.2 Å². The molecule has 0 atom stereocenters. The van der Waals surface area contributed by atoms with Gasteiger partial charge in [0.15, 0.2) is 0 Å². The molecule has 32 heavy (non-hydrogen) atoms. The molecular formula is C22H21ClN4O5. The fourth-order valence-electron chi connectivity index (χ4n) is 3.66. The molecule has 0 aliphatic carbocycles. The van der Waals surface area contributed by atoms with E-state index in [-0.39, 0.29) is 28.2 Å². The minimum Gasteiger partial charge on any atom is -0.472 e. The molecule has 1 fully saturated rings. The Morgan fingerprint density at radius 2 is 1.97 bits per heavy atom. The highest BCUT2D eigenvalue weighted by atomic mass is 35.5. The molecule has 1 N–H and O–H groups in total. The summed E-state index contributed by atoms with van der Waals surface area (Å²) >= 11 is 6.35. The number of nitrogens with one attached hydrogen (secondary N) is 1. The van der Waals surface area contributed by atoms with E-state index in [1.807, 2.05) is 0 Å². The van der Waals surface area contributed by atoms with Gasteiger partial charge in [-0.05, 0) is 31.0 Å². The van der Waals surface area contributed by atoms with Gasteiger partial charge in [-0.25, -0.2) is 4.79 Å². The van der Waals surface area contributed by atoms with Crippen molar-refractivity contribution in [3.8, 4) is 5.69 Å². The standard InChI is InChI=1S/C22H21ClN4O5/c1-31-22(30)16-4-2-3-5-18(16)27-21(29)19(23)17(12-24-27)25-15-6-9-26(10-7-15)20(28)14-8-11-32-13-14/h2-5,8,11-13,15,25H,6-7,9-10H2,1H3. The maximum Gasteiger partial charge on any atom is 0.340 e. The average Bonchev–Trinajstić information content (AvgIpc) is 3.37. The lowest BCUT2D eigenvalue weighted by Gasteiger charge is -2.32. The van der Waals surface area contributed by atoms with Crippen molar-refractivity contribution in [2.75, 3.05) is 25.5 Å². The number of aromatic nitrogens is 2. The van der Waals surface area contributed by atoms with Gasteiger partial charge in [0, 0.05) is 19.1 Å². The molecule has 3 aromatic rings. The van der Waals surface area contributed by atoms with Crippen molar-refractivity contribution in [3.05, 3.63) is 75.6 Å². The monoisotopic (exact) mass is 456 g/mol. The predicted octanol–water partition coefficient (Wildman–Crippen LogP) is 2.98. The highest BCUT2D eigenvalue weighted by Gasteiger charge is 2.25. The zero-order chi connectivity index (χ0) is 22.7. The number of likely N-dealkylation sites (tertiary alicyclic amines) is 1. The zero-order valence-electron chi connectivity index (χ0n) is 17.3. The molecular weight excluding hydrogens is 436 g/mol. The molecule has 1 amide bonds. The summed E-state index contributed by atoms with van der Waals surface area (Å²) in [4.78, 5) is 39.1. The molecule has 3 heterocycles. The third-order valence-corrected chi connectivity index (χ3v) is 5.73. The summed E-state index contributed by atoms with van der Waals surface area (Å²) in [7, 11) is 1.27. The van der Waals surface area contributed by atoms with Crippen LogP contribution in [0.5, 0.6) is 0 Å². The lowest BCUT2D eigenvalue weighted by molar-refractivity contribution is 0.0600. The van der Waals surface area contributed by atoms with Crippen molar-refractivity contribution in [2.24, 2.45) is 0 Å². The van der Waals surface area contributed by atoms with Crippen molar-refractivity contribution in [2.45, 2.75) is 18.9 Å². The first kappa shape index (κ1) is 21.6. The highest BCUT2D eigenvalue weighted by molar-refractivity contribution is 6.33. The number of esters is 1. The number of carbonyl (C=O) groups is 2. The molecule has 0 spiro atoms. The number of para-hydroxylation sites is 1. The van der Waals surface area contributed by atoms with Crippen LogP contribution in [0.3, 0.4) is 0 Å². The molecule has 10 heteroatoms. The van der Waals surface area contributed by atoms with E-state index in [4.69, 9.17) is 20.8 Å². The van der Waals surface area contributed by atoms with Gasteiger partial charge in [0.2, 0.25) is 0 Å². The molecule has 4 rings (SSSR count). The number of rotatable bonds is 5. The van der Waals surface area contributed by atoms with E-state index in [2.05, 4.69) is 10.4 Å². The van der Waals surface area contributed by atoms with Crippen molar-refractivity contribution in [1.29, 1.82) is 0 Å². The first-order chi connectivity index (χ1) is 15.5. The van der Waals surface area contributed by atoms with Crippen LogP contribution in [0.15, 0.2) is 58.3 Å². The first-order valence-corrected chi connectivity index (χ1v) is 10.4. The summed E-state index contributed by atoms with van der Waals surface area (Å²) in [5.74, 6) is -0.645. The lowest BCUT2D eigenvalue weighted by Crippen LogP contribution is -2.42. The van der Waals surface area contributed by atoms with Gasteiger partial charge in [0.25, 0.3) is 11.5 Å². The maximum atomic E-state index is 12.9. The summed E-state index contributed by atoms with van der Waals surface area (Å²) in [6, 6.07) is 8.17. The van der Waals surface area contributed by atoms with Gasteiger partial charge in [-0.2, -0.15) is 9.78 Å². The maximum absolute atomic E-state index is 12.9. The number of furan rings is 1. The van der Waals surface area contributed by atoms with Crippen molar-refractivity contribution in [3.63, 3.8) is 0 Å². The van der Waals surface area contributed by atoms with Crippen LogP contribution in [-0.2, 0) is 4.74 Å². The quantitative estimate of drug-likeness (QED) is 0.588. The number of piperidine rings is 1. The number of hydrogen-bond acceptors (Lipinski definition) is 7. The number of benzene rings is 1. The number of hydrogen-bond donors (Lipinski definition) is 1. The molecule has 1 aromatic carbocycles. The Bertz CT molecular complexity index is 1180. The van der Waals surface area contributed by atoms with Crippen LogP contribution in [0.1, 0.15) is 33.6 Å². The van der Waals surface area contributed by atoms with E-state index >= 15 is 0 Å². The number of amides is 1. The number of carbonyl (C=O) groups excluding carboxylic acids is 2. The summed E-state index contributed by atoms with van der Waals surface area (Å²) in [5.41, 5.74) is 0.864. The first-order valence-electron chi connectivity index (χ1n) is 10.0. The summed E-state index contributed by atoms with van der Waals surface area (Å²) in [6.45, 7) is 1.13. The van der Waals surface area contributed by atoms with Gasteiger partial charge >= 0.3 is 5.97 Å². The number of anilines is 1. The number of halogens is 1. The summed E-state index contributed by atoms with van der Waals surface area (Å²) in [6.07, 6.45) is 5.75. The Balaban J connectivity index is 1.48. The van der Waals surface area contributed by atoms with Gasteiger partial charge < -0.3 is 19.4 Å². The van der Waals surface area contributed by atoms with Crippen LogP contribution in [0, 0.1) is 0 Å². The minimum absolute atomic E-state index is 0.0281. The second-order valence-electron chi connectivity index (χ2n) is 7.32. The second kappa shape index (κ2) is 9.27. The third-order valence-electron chi connectivity index (χ3n) is 5.37. The van der Waals surface area contributed by atoms with Gasteiger partial charge in [0.05, 0.1) is 42.1 Å². The predicted molar refractivity (Wildman–Crippen MR) is 117 cm³/mol. The van der Waals surface area contributed by atoms with E-state index in [0.717, 1.165) is 4.68 Å². The molecule has 1 aliphatic rings. The minimum atomic E-state index is -0.579. The van der Waals surface area contributed by atoms with E-state index in [9.17, 15) is 14.4 Å².